The summed E-state index contributed by atoms with van der Waals surface area (Å²) in [5.41, 5.74) is 1.47. The Labute approximate surface area is 127 Å². The Balaban J connectivity index is 1.64. The molecule has 21 heavy (non-hydrogen) atoms. The van der Waals surface area contributed by atoms with E-state index in [-0.39, 0.29) is 17.3 Å². The topological polar surface area (TPSA) is 26.3 Å². The van der Waals surface area contributed by atoms with Crippen LogP contribution in [0.5, 0.6) is 5.75 Å². The molecule has 2 aliphatic rings. The van der Waals surface area contributed by atoms with E-state index in [0.717, 1.165) is 18.8 Å². The van der Waals surface area contributed by atoms with Gasteiger partial charge >= 0.3 is 5.97 Å². The van der Waals surface area contributed by atoms with Crippen molar-refractivity contribution in [1.29, 1.82) is 0 Å². The molecule has 0 aliphatic heterocycles. The molecule has 3 atom stereocenters. The van der Waals surface area contributed by atoms with Crippen LogP contribution in [0.25, 0.3) is 0 Å². The smallest absolute Gasteiger partial charge is 0.314 e. The van der Waals surface area contributed by atoms with Gasteiger partial charge in [0.1, 0.15) is 5.75 Å². The average molecular weight is 286 g/mol. The number of ether oxygens (including phenoxy) is 1. The standard InChI is InChI=1S/C19H26O2/c1-4-19(2,3)15-7-9-16(10-8-15)21-18(20)17-12-13-5-6-14(17)11-13/h7-10,13-14,17H,4-6,11-12H2,1-3H3. The van der Waals surface area contributed by atoms with Crippen molar-refractivity contribution in [2.45, 2.75) is 58.3 Å². The first-order valence-electron chi connectivity index (χ1n) is 8.32. The fraction of sp³-hybridized carbons (Fsp3) is 0.632. The fourth-order valence-electron chi connectivity index (χ4n) is 3.90. The third-order valence-electron chi connectivity index (χ3n) is 5.78. The Morgan fingerprint density at radius 1 is 1.19 bits per heavy atom. The molecule has 2 bridgehead atoms. The Kier molecular flexibility index (Phi) is 3.81. The normalized spacial score (nSPS) is 27.9. The molecule has 0 radical (unpaired) electrons. The Morgan fingerprint density at radius 2 is 1.90 bits per heavy atom. The number of esters is 1. The Bertz CT molecular complexity index is 515. The van der Waals surface area contributed by atoms with Gasteiger partial charge in [-0.05, 0) is 60.6 Å². The second-order valence-corrected chi connectivity index (χ2v) is 7.46. The molecule has 0 amide bonds. The van der Waals surface area contributed by atoms with Crippen LogP contribution in [0.15, 0.2) is 24.3 Å². The molecule has 1 aromatic rings. The summed E-state index contributed by atoms with van der Waals surface area (Å²) >= 11 is 0. The SMILES string of the molecule is CCC(C)(C)c1ccc(OC(=O)C2CC3CCC2C3)cc1. The molecule has 2 nitrogen and oxygen atoms in total. The van der Waals surface area contributed by atoms with E-state index in [1.54, 1.807) is 0 Å². The van der Waals surface area contributed by atoms with Gasteiger partial charge in [0.15, 0.2) is 0 Å². The molecule has 0 heterocycles. The number of benzene rings is 1. The maximum absolute atomic E-state index is 12.3. The molecule has 0 saturated heterocycles. The van der Waals surface area contributed by atoms with Crippen molar-refractivity contribution in [1.82, 2.24) is 0 Å². The second kappa shape index (κ2) is 5.47. The van der Waals surface area contributed by atoms with Crippen molar-refractivity contribution < 1.29 is 9.53 Å². The predicted octanol–water partition coefficient (Wildman–Crippen LogP) is 4.72. The van der Waals surface area contributed by atoms with E-state index in [4.69, 9.17) is 4.74 Å². The minimum atomic E-state index is -0.00954. The summed E-state index contributed by atoms with van der Waals surface area (Å²) in [6.45, 7) is 6.68. The third kappa shape index (κ3) is 2.86. The number of rotatable bonds is 4. The Morgan fingerprint density at radius 3 is 2.43 bits per heavy atom. The first-order chi connectivity index (χ1) is 9.99. The van der Waals surface area contributed by atoms with Crippen LogP contribution in [0.1, 0.15) is 58.4 Å². The lowest BCUT2D eigenvalue weighted by atomic mass is 9.82. The highest BCUT2D eigenvalue weighted by atomic mass is 16.5. The summed E-state index contributed by atoms with van der Waals surface area (Å²) in [5.74, 6) is 2.19. The van der Waals surface area contributed by atoms with E-state index >= 15 is 0 Å². The molecular weight excluding hydrogens is 260 g/mol. The zero-order valence-electron chi connectivity index (χ0n) is 13.4. The van der Waals surface area contributed by atoms with Crippen molar-refractivity contribution in [3.05, 3.63) is 29.8 Å². The number of carbonyl (C=O) groups excluding carboxylic acids is 1. The maximum Gasteiger partial charge on any atom is 0.314 e. The van der Waals surface area contributed by atoms with Crippen molar-refractivity contribution in [3.8, 4) is 5.75 Å². The van der Waals surface area contributed by atoms with E-state index in [1.165, 1.54) is 24.8 Å². The van der Waals surface area contributed by atoms with E-state index in [9.17, 15) is 4.79 Å². The van der Waals surface area contributed by atoms with Crippen LogP contribution in [0.3, 0.4) is 0 Å². The quantitative estimate of drug-likeness (QED) is 0.591. The van der Waals surface area contributed by atoms with Gasteiger partial charge in [0.2, 0.25) is 0 Å². The molecule has 0 spiro atoms. The van der Waals surface area contributed by atoms with Crippen molar-refractivity contribution in [2.75, 3.05) is 0 Å². The summed E-state index contributed by atoms with van der Waals surface area (Å²) in [7, 11) is 0. The first kappa shape index (κ1) is 14.6. The summed E-state index contributed by atoms with van der Waals surface area (Å²) in [6.07, 6.45) is 5.91. The summed E-state index contributed by atoms with van der Waals surface area (Å²) in [4.78, 5) is 12.3. The lowest BCUT2D eigenvalue weighted by Gasteiger charge is -2.23. The molecule has 3 unspecified atom stereocenters. The van der Waals surface area contributed by atoms with Gasteiger partial charge in [-0.2, -0.15) is 0 Å². The summed E-state index contributed by atoms with van der Waals surface area (Å²) < 4.78 is 5.61. The molecule has 2 saturated carbocycles. The summed E-state index contributed by atoms with van der Waals surface area (Å²) in [6, 6.07) is 8.07. The van der Waals surface area contributed by atoms with E-state index < -0.39 is 0 Å². The van der Waals surface area contributed by atoms with Crippen LogP contribution in [0.2, 0.25) is 0 Å². The molecular formula is C19H26O2. The van der Waals surface area contributed by atoms with Crippen LogP contribution in [0, 0.1) is 17.8 Å². The van der Waals surface area contributed by atoms with Crippen molar-refractivity contribution in [3.63, 3.8) is 0 Å². The molecule has 0 aromatic heterocycles. The van der Waals surface area contributed by atoms with Crippen LogP contribution < -0.4 is 4.74 Å². The molecule has 2 aliphatic carbocycles. The highest BCUT2D eigenvalue weighted by Gasteiger charge is 2.44. The third-order valence-corrected chi connectivity index (χ3v) is 5.78. The maximum atomic E-state index is 12.3. The van der Waals surface area contributed by atoms with E-state index in [0.29, 0.717) is 11.7 Å². The van der Waals surface area contributed by atoms with Gasteiger partial charge < -0.3 is 4.74 Å². The molecule has 3 rings (SSSR count). The van der Waals surface area contributed by atoms with Crippen molar-refractivity contribution >= 4 is 5.97 Å². The monoisotopic (exact) mass is 286 g/mol. The summed E-state index contributed by atoms with van der Waals surface area (Å²) in [5, 5.41) is 0. The lowest BCUT2D eigenvalue weighted by Crippen LogP contribution is -2.25. The second-order valence-electron chi connectivity index (χ2n) is 7.46. The van der Waals surface area contributed by atoms with Gasteiger partial charge in [0.25, 0.3) is 0 Å². The van der Waals surface area contributed by atoms with Crippen molar-refractivity contribution in [2.24, 2.45) is 17.8 Å². The predicted molar refractivity (Wildman–Crippen MR) is 84.3 cm³/mol. The van der Waals surface area contributed by atoms with Gasteiger partial charge in [0.05, 0.1) is 5.92 Å². The minimum Gasteiger partial charge on any atom is -0.426 e. The number of hydrogen-bond donors (Lipinski definition) is 0. The molecule has 1 aromatic carbocycles. The number of hydrogen-bond acceptors (Lipinski definition) is 2. The molecule has 2 heteroatoms. The minimum absolute atomic E-state index is 0.00954. The van der Waals surface area contributed by atoms with Gasteiger partial charge in [-0.1, -0.05) is 39.3 Å². The molecule has 114 valence electrons. The zero-order chi connectivity index (χ0) is 15.0. The van der Waals surface area contributed by atoms with E-state index in [2.05, 4.69) is 32.9 Å². The Hall–Kier alpha value is -1.31. The average Bonchev–Trinajstić information content (AvgIpc) is 3.10. The largest absolute Gasteiger partial charge is 0.426 e. The highest BCUT2D eigenvalue weighted by molar-refractivity contribution is 5.76. The fourth-order valence-corrected chi connectivity index (χ4v) is 3.90. The van der Waals surface area contributed by atoms with Gasteiger partial charge in [0, 0.05) is 0 Å². The van der Waals surface area contributed by atoms with Gasteiger partial charge in [-0.15, -0.1) is 0 Å². The van der Waals surface area contributed by atoms with Gasteiger partial charge in [-0.25, -0.2) is 0 Å². The van der Waals surface area contributed by atoms with Crippen LogP contribution in [0.4, 0.5) is 0 Å². The zero-order valence-corrected chi connectivity index (χ0v) is 13.4. The molecule has 0 N–H and O–H groups in total. The number of carbonyl (C=O) groups is 1. The van der Waals surface area contributed by atoms with Crippen LogP contribution in [-0.2, 0) is 10.2 Å². The van der Waals surface area contributed by atoms with E-state index in [1.807, 2.05) is 12.1 Å². The number of fused-ring (bicyclic) bond motifs is 2. The van der Waals surface area contributed by atoms with Crippen LogP contribution >= 0.6 is 0 Å². The first-order valence-corrected chi connectivity index (χ1v) is 8.32. The lowest BCUT2D eigenvalue weighted by molar-refractivity contribution is -0.140. The molecule has 2 fully saturated rings. The van der Waals surface area contributed by atoms with Gasteiger partial charge in [-0.3, -0.25) is 4.79 Å². The van der Waals surface area contributed by atoms with Crippen LogP contribution in [-0.4, -0.2) is 5.97 Å². The highest BCUT2D eigenvalue weighted by Crippen LogP contribution is 2.48.